The van der Waals surface area contributed by atoms with Crippen LogP contribution in [0.1, 0.15) is 43.9 Å². The fourth-order valence-corrected chi connectivity index (χ4v) is 3.60. The van der Waals surface area contributed by atoms with Crippen molar-refractivity contribution in [3.8, 4) is 0 Å². The Labute approximate surface area is 171 Å². The maximum Gasteiger partial charge on any atom is 0.330 e. The minimum absolute atomic E-state index is 0.0433. The van der Waals surface area contributed by atoms with Crippen LogP contribution in [0.4, 0.5) is 5.69 Å². The number of esters is 1. The maximum atomic E-state index is 12.6. The third kappa shape index (κ3) is 6.61. The standard InChI is InChI=1S/C23H28N2O4/c1-2-28-23(27)14-11-18-9-12-19(13-10-18)24-22(26)17-25(20-6-3-4-7-20)16-21-8-5-15-29-21/h5,8-15,20H,2-4,6-7,16-17H2,1H3,(H,24,26)/b14-11+. The molecule has 2 aromatic rings. The highest BCUT2D eigenvalue weighted by atomic mass is 16.5. The van der Waals surface area contributed by atoms with Gasteiger partial charge in [-0.15, -0.1) is 0 Å². The topological polar surface area (TPSA) is 71.8 Å². The van der Waals surface area contributed by atoms with E-state index in [4.69, 9.17) is 9.15 Å². The fourth-order valence-electron chi connectivity index (χ4n) is 3.60. The fraction of sp³-hybridized carbons (Fsp3) is 0.391. The molecular weight excluding hydrogens is 368 g/mol. The molecule has 0 unspecified atom stereocenters. The normalized spacial score (nSPS) is 14.6. The van der Waals surface area contributed by atoms with Gasteiger partial charge in [-0.3, -0.25) is 9.69 Å². The van der Waals surface area contributed by atoms with E-state index in [1.165, 1.54) is 18.9 Å². The first-order chi connectivity index (χ1) is 14.1. The van der Waals surface area contributed by atoms with Gasteiger partial charge in [0.1, 0.15) is 5.76 Å². The van der Waals surface area contributed by atoms with E-state index in [1.807, 2.05) is 36.4 Å². The number of anilines is 1. The molecule has 1 aliphatic rings. The van der Waals surface area contributed by atoms with E-state index in [0.29, 0.717) is 25.7 Å². The minimum atomic E-state index is -0.367. The summed E-state index contributed by atoms with van der Waals surface area (Å²) in [6.07, 6.45) is 9.41. The number of hydrogen-bond acceptors (Lipinski definition) is 5. The highest BCUT2D eigenvalue weighted by Gasteiger charge is 2.25. The molecule has 1 fully saturated rings. The van der Waals surface area contributed by atoms with Crippen LogP contribution >= 0.6 is 0 Å². The molecule has 0 bridgehead atoms. The van der Waals surface area contributed by atoms with Crippen molar-refractivity contribution in [2.75, 3.05) is 18.5 Å². The number of carbonyl (C=O) groups excluding carboxylic acids is 2. The maximum absolute atomic E-state index is 12.6. The van der Waals surface area contributed by atoms with Gasteiger partial charge in [-0.1, -0.05) is 25.0 Å². The van der Waals surface area contributed by atoms with Crippen LogP contribution in [0.5, 0.6) is 0 Å². The third-order valence-corrected chi connectivity index (χ3v) is 5.02. The Morgan fingerprint density at radius 1 is 1.21 bits per heavy atom. The van der Waals surface area contributed by atoms with Crippen LogP contribution in [-0.2, 0) is 20.9 Å². The molecule has 3 rings (SSSR count). The van der Waals surface area contributed by atoms with Gasteiger partial charge in [0, 0.05) is 17.8 Å². The zero-order chi connectivity index (χ0) is 20.5. The summed E-state index contributed by atoms with van der Waals surface area (Å²) in [4.78, 5) is 26.2. The lowest BCUT2D eigenvalue weighted by Gasteiger charge is -2.27. The predicted molar refractivity (Wildman–Crippen MR) is 112 cm³/mol. The molecule has 1 aromatic carbocycles. The summed E-state index contributed by atoms with van der Waals surface area (Å²) in [5.41, 5.74) is 1.59. The molecule has 0 aliphatic heterocycles. The molecule has 1 aromatic heterocycles. The van der Waals surface area contributed by atoms with Crippen molar-refractivity contribution in [3.05, 3.63) is 60.1 Å². The van der Waals surface area contributed by atoms with Crippen LogP contribution in [0, 0.1) is 0 Å². The Morgan fingerprint density at radius 2 is 1.97 bits per heavy atom. The lowest BCUT2D eigenvalue weighted by molar-refractivity contribution is -0.137. The Kier molecular flexibility index (Phi) is 7.64. The molecule has 6 nitrogen and oxygen atoms in total. The van der Waals surface area contributed by atoms with Gasteiger partial charge in [-0.25, -0.2) is 4.79 Å². The zero-order valence-electron chi connectivity index (χ0n) is 16.8. The molecule has 154 valence electrons. The molecule has 29 heavy (non-hydrogen) atoms. The second-order valence-electron chi connectivity index (χ2n) is 7.18. The first kappa shape index (κ1) is 20.9. The smallest absolute Gasteiger partial charge is 0.330 e. The van der Waals surface area contributed by atoms with E-state index in [0.717, 1.165) is 29.9 Å². The number of furan rings is 1. The molecule has 1 saturated carbocycles. The number of ether oxygens (including phenoxy) is 1. The quantitative estimate of drug-likeness (QED) is 0.507. The first-order valence-electron chi connectivity index (χ1n) is 10.1. The lowest BCUT2D eigenvalue weighted by Crippen LogP contribution is -2.39. The Bertz CT molecular complexity index is 806. The van der Waals surface area contributed by atoms with Crippen LogP contribution in [0.25, 0.3) is 6.08 Å². The molecule has 1 aliphatic carbocycles. The van der Waals surface area contributed by atoms with Crippen molar-refractivity contribution in [2.24, 2.45) is 0 Å². The van der Waals surface area contributed by atoms with Gasteiger partial charge in [0.15, 0.2) is 0 Å². The van der Waals surface area contributed by atoms with Crippen molar-refractivity contribution >= 4 is 23.6 Å². The second kappa shape index (κ2) is 10.6. The van der Waals surface area contributed by atoms with Crippen molar-refractivity contribution in [1.29, 1.82) is 0 Å². The summed E-state index contributed by atoms with van der Waals surface area (Å²) < 4.78 is 10.3. The second-order valence-corrected chi connectivity index (χ2v) is 7.18. The van der Waals surface area contributed by atoms with Crippen molar-refractivity contribution in [3.63, 3.8) is 0 Å². The molecule has 6 heteroatoms. The number of hydrogen-bond donors (Lipinski definition) is 1. The van der Waals surface area contributed by atoms with Crippen LogP contribution < -0.4 is 5.32 Å². The summed E-state index contributed by atoms with van der Waals surface area (Å²) in [6, 6.07) is 11.6. The average Bonchev–Trinajstić information content (AvgIpc) is 3.41. The highest BCUT2D eigenvalue weighted by Crippen LogP contribution is 2.25. The largest absolute Gasteiger partial charge is 0.468 e. The molecule has 0 atom stereocenters. The molecule has 1 heterocycles. The van der Waals surface area contributed by atoms with E-state index in [2.05, 4.69) is 10.2 Å². The summed E-state index contributed by atoms with van der Waals surface area (Å²) in [6.45, 7) is 3.09. The van der Waals surface area contributed by atoms with Crippen molar-refractivity contribution < 1.29 is 18.7 Å². The molecule has 0 spiro atoms. The van der Waals surface area contributed by atoms with Crippen molar-refractivity contribution in [1.82, 2.24) is 4.90 Å². The Morgan fingerprint density at radius 3 is 2.62 bits per heavy atom. The molecular formula is C23H28N2O4. The lowest BCUT2D eigenvalue weighted by atomic mass is 10.2. The molecule has 0 radical (unpaired) electrons. The van der Waals surface area contributed by atoms with Crippen LogP contribution in [0.3, 0.4) is 0 Å². The zero-order valence-corrected chi connectivity index (χ0v) is 16.8. The van der Waals surface area contributed by atoms with Gasteiger partial charge in [0.05, 0.1) is 26.0 Å². The Hall–Kier alpha value is -2.86. The van der Waals surface area contributed by atoms with Gasteiger partial charge >= 0.3 is 5.97 Å². The predicted octanol–water partition coefficient (Wildman–Crippen LogP) is 4.24. The molecule has 1 amide bonds. The molecule has 0 saturated heterocycles. The number of amides is 1. The number of nitrogens with zero attached hydrogens (tertiary/aromatic N) is 1. The summed E-state index contributed by atoms with van der Waals surface area (Å²) >= 11 is 0. The summed E-state index contributed by atoms with van der Waals surface area (Å²) in [5.74, 6) is 0.467. The molecule has 1 N–H and O–H groups in total. The number of benzene rings is 1. The van der Waals surface area contributed by atoms with Gasteiger partial charge in [-0.2, -0.15) is 0 Å². The minimum Gasteiger partial charge on any atom is -0.468 e. The van der Waals surface area contributed by atoms with E-state index < -0.39 is 0 Å². The van der Waals surface area contributed by atoms with Crippen LogP contribution in [0.15, 0.2) is 53.2 Å². The highest BCUT2D eigenvalue weighted by molar-refractivity contribution is 5.92. The monoisotopic (exact) mass is 396 g/mol. The van der Waals surface area contributed by atoms with E-state index in [-0.39, 0.29) is 11.9 Å². The number of rotatable bonds is 9. The van der Waals surface area contributed by atoms with Gasteiger partial charge < -0.3 is 14.5 Å². The van der Waals surface area contributed by atoms with Gasteiger partial charge in [-0.05, 0) is 55.7 Å². The van der Waals surface area contributed by atoms with Gasteiger partial charge in [0.25, 0.3) is 0 Å². The average molecular weight is 396 g/mol. The summed E-state index contributed by atoms with van der Waals surface area (Å²) in [7, 11) is 0. The number of carbonyl (C=O) groups is 2. The van der Waals surface area contributed by atoms with E-state index in [1.54, 1.807) is 19.3 Å². The third-order valence-electron chi connectivity index (χ3n) is 5.02. The number of nitrogens with one attached hydrogen (secondary N) is 1. The Balaban J connectivity index is 1.55. The van der Waals surface area contributed by atoms with E-state index in [9.17, 15) is 9.59 Å². The van der Waals surface area contributed by atoms with E-state index >= 15 is 0 Å². The van der Waals surface area contributed by atoms with Crippen LogP contribution in [0.2, 0.25) is 0 Å². The SMILES string of the molecule is CCOC(=O)/C=C/c1ccc(NC(=O)CN(Cc2ccco2)C2CCCC2)cc1. The summed E-state index contributed by atoms with van der Waals surface area (Å²) in [5, 5.41) is 2.96. The van der Waals surface area contributed by atoms with Crippen molar-refractivity contribution in [2.45, 2.75) is 45.2 Å². The van der Waals surface area contributed by atoms with Gasteiger partial charge in [0.2, 0.25) is 5.91 Å². The first-order valence-corrected chi connectivity index (χ1v) is 10.1. The van der Waals surface area contributed by atoms with Crippen LogP contribution in [-0.4, -0.2) is 36.0 Å².